The first kappa shape index (κ1) is 20.8. The molecule has 33 heavy (non-hydrogen) atoms. The van der Waals surface area contributed by atoms with Crippen LogP contribution in [0.3, 0.4) is 0 Å². The number of aromatic nitrogens is 5. The molecular weight excluding hydrogens is 466 g/mol. The molecule has 3 heterocycles. The largest absolute Gasteiger partial charge is 0.301 e. The number of hydrogen-bond donors (Lipinski definition) is 2. The molecule has 0 aliphatic rings. The molecule has 1 amide bonds. The summed E-state index contributed by atoms with van der Waals surface area (Å²) in [5, 5.41) is 18.8. The number of nitro groups is 1. The quantitative estimate of drug-likeness (QED) is 0.163. The summed E-state index contributed by atoms with van der Waals surface area (Å²) < 4.78 is 2.39. The fourth-order valence-electron chi connectivity index (χ4n) is 3.09. The number of anilines is 1. The number of nitrogens with one attached hydrogen (secondary N) is 2. The van der Waals surface area contributed by atoms with Gasteiger partial charge in [0, 0.05) is 12.1 Å². The number of carbonyl (C=O) groups excluding carboxylic acids is 1. The van der Waals surface area contributed by atoms with Crippen molar-refractivity contribution >= 4 is 61.1 Å². The lowest BCUT2D eigenvalue weighted by Gasteiger charge is -2.05. The predicted molar refractivity (Wildman–Crippen MR) is 125 cm³/mol. The maximum absolute atomic E-state index is 12.5. The Morgan fingerprint density at radius 1 is 1.18 bits per heavy atom. The summed E-state index contributed by atoms with van der Waals surface area (Å²) in [5.41, 5.74) is 1.14. The number of rotatable bonds is 6. The van der Waals surface area contributed by atoms with E-state index in [1.165, 1.54) is 46.5 Å². The molecule has 0 saturated carbocycles. The summed E-state index contributed by atoms with van der Waals surface area (Å²) in [5.74, 6) is -0.276. The molecule has 0 bridgehead atoms. The van der Waals surface area contributed by atoms with E-state index in [0.29, 0.717) is 10.8 Å². The van der Waals surface area contributed by atoms with Gasteiger partial charge in [0.05, 0.1) is 32.8 Å². The second-order valence-electron chi connectivity index (χ2n) is 6.76. The lowest BCUT2D eigenvalue weighted by molar-refractivity contribution is -0.384. The van der Waals surface area contributed by atoms with Crippen LogP contribution in [0.5, 0.6) is 0 Å². The van der Waals surface area contributed by atoms with Gasteiger partial charge in [0.15, 0.2) is 15.9 Å². The fourth-order valence-corrected chi connectivity index (χ4v) is 4.62. The lowest BCUT2D eigenvalue weighted by Crippen LogP contribution is -2.15. The van der Waals surface area contributed by atoms with E-state index in [0.717, 1.165) is 22.0 Å². The molecule has 5 aromatic rings. The highest BCUT2D eigenvalue weighted by molar-refractivity contribution is 7.99. The summed E-state index contributed by atoms with van der Waals surface area (Å²) in [6.07, 6.45) is 1.37. The van der Waals surface area contributed by atoms with Gasteiger partial charge < -0.3 is 10.3 Å². The summed E-state index contributed by atoms with van der Waals surface area (Å²) >= 11 is 2.44. The molecule has 0 radical (unpaired) electrons. The minimum absolute atomic E-state index is 0.00996. The van der Waals surface area contributed by atoms with Gasteiger partial charge in [-0.15, -0.1) is 0 Å². The molecule has 11 nitrogen and oxygen atoms in total. The number of carbonyl (C=O) groups is 1. The van der Waals surface area contributed by atoms with E-state index < -0.39 is 10.5 Å². The zero-order valence-corrected chi connectivity index (χ0v) is 18.2. The standard InChI is InChI=1S/C20H13N7O4S2/c28-16(23-20-22-14-3-1-2-4-15(14)33-20)10-32-19-24-17-13(18(29)25-19)9-21-26(17)11-5-7-12(8-6-11)27(30)31/h1-9H,10H2,(H,22,23,28)(H,24,25,29). The summed E-state index contributed by atoms with van der Waals surface area (Å²) in [7, 11) is 0. The first-order valence-electron chi connectivity index (χ1n) is 9.49. The van der Waals surface area contributed by atoms with E-state index in [1.54, 1.807) is 0 Å². The molecule has 0 atom stereocenters. The molecule has 0 unspecified atom stereocenters. The molecule has 0 spiro atoms. The van der Waals surface area contributed by atoms with Gasteiger partial charge in [-0.2, -0.15) is 5.10 Å². The number of non-ortho nitro benzene ring substituents is 1. The Hall–Kier alpha value is -4.10. The van der Waals surface area contributed by atoms with E-state index in [9.17, 15) is 19.7 Å². The average molecular weight is 480 g/mol. The molecule has 3 aromatic heterocycles. The zero-order chi connectivity index (χ0) is 22.9. The van der Waals surface area contributed by atoms with Crippen LogP contribution in [0, 0.1) is 10.1 Å². The molecule has 2 N–H and O–H groups in total. The smallest absolute Gasteiger partial charge is 0.269 e. The maximum atomic E-state index is 12.5. The van der Waals surface area contributed by atoms with Gasteiger partial charge in [0.1, 0.15) is 5.39 Å². The van der Waals surface area contributed by atoms with Gasteiger partial charge in [-0.25, -0.2) is 14.6 Å². The minimum atomic E-state index is -0.498. The van der Waals surface area contributed by atoms with Crippen molar-refractivity contribution in [1.29, 1.82) is 0 Å². The van der Waals surface area contributed by atoms with Crippen molar-refractivity contribution in [3.05, 3.63) is 75.2 Å². The number of nitro benzene ring substituents is 1. The van der Waals surface area contributed by atoms with E-state index in [-0.39, 0.29) is 33.5 Å². The number of nitrogens with zero attached hydrogens (tertiary/aromatic N) is 5. The summed E-state index contributed by atoms with van der Waals surface area (Å²) in [6, 6.07) is 13.3. The molecule has 2 aromatic carbocycles. The molecule has 164 valence electrons. The average Bonchev–Trinajstić information content (AvgIpc) is 3.41. The van der Waals surface area contributed by atoms with Crippen LogP contribution in [0.15, 0.2) is 64.7 Å². The summed E-state index contributed by atoms with van der Waals surface area (Å²) in [6.45, 7) is 0. The van der Waals surface area contributed by atoms with Crippen LogP contribution in [0.2, 0.25) is 0 Å². The van der Waals surface area contributed by atoms with Gasteiger partial charge in [-0.1, -0.05) is 35.2 Å². The van der Waals surface area contributed by atoms with Crippen molar-refractivity contribution in [2.75, 3.05) is 11.1 Å². The number of amides is 1. The Labute approximate surface area is 192 Å². The second kappa shape index (κ2) is 8.44. The lowest BCUT2D eigenvalue weighted by atomic mass is 10.3. The zero-order valence-electron chi connectivity index (χ0n) is 16.6. The Balaban J connectivity index is 1.35. The predicted octanol–water partition coefficient (Wildman–Crippen LogP) is 3.36. The highest BCUT2D eigenvalue weighted by Crippen LogP contribution is 2.26. The maximum Gasteiger partial charge on any atom is 0.269 e. The van der Waals surface area contributed by atoms with Gasteiger partial charge in [0.2, 0.25) is 5.91 Å². The number of hydrogen-bond acceptors (Lipinski definition) is 9. The molecule has 0 fully saturated rings. The number of fused-ring (bicyclic) bond motifs is 2. The Kier molecular flexibility index (Phi) is 5.32. The number of para-hydroxylation sites is 1. The highest BCUT2D eigenvalue weighted by atomic mass is 32.2. The van der Waals surface area contributed by atoms with E-state index in [4.69, 9.17) is 0 Å². The van der Waals surface area contributed by atoms with E-state index in [2.05, 4.69) is 25.4 Å². The second-order valence-corrected chi connectivity index (χ2v) is 8.76. The number of aromatic amines is 1. The molecule has 0 aliphatic carbocycles. The van der Waals surface area contributed by atoms with Crippen LogP contribution < -0.4 is 10.9 Å². The van der Waals surface area contributed by atoms with Crippen molar-refractivity contribution in [2.45, 2.75) is 5.16 Å². The molecule has 0 aliphatic heterocycles. The van der Waals surface area contributed by atoms with Crippen LogP contribution in [-0.2, 0) is 4.79 Å². The van der Waals surface area contributed by atoms with Crippen LogP contribution in [0.1, 0.15) is 0 Å². The molecule has 13 heteroatoms. The van der Waals surface area contributed by atoms with E-state index in [1.807, 2.05) is 24.3 Å². The van der Waals surface area contributed by atoms with Crippen LogP contribution >= 0.6 is 23.1 Å². The van der Waals surface area contributed by atoms with Crippen molar-refractivity contribution in [3.63, 3.8) is 0 Å². The molecule has 0 saturated heterocycles. The van der Waals surface area contributed by atoms with Crippen molar-refractivity contribution in [2.24, 2.45) is 0 Å². The molecular formula is C20H13N7O4S2. The van der Waals surface area contributed by atoms with Gasteiger partial charge >= 0.3 is 0 Å². The van der Waals surface area contributed by atoms with Crippen molar-refractivity contribution < 1.29 is 9.72 Å². The normalized spacial score (nSPS) is 11.2. The third-order valence-electron chi connectivity index (χ3n) is 4.60. The first-order chi connectivity index (χ1) is 16.0. The monoisotopic (exact) mass is 479 g/mol. The number of thioether (sulfide) groups is 1. The third kappa shape index (κ3) is 4.18. The highest BCUT2D eigenvalue weighted by Gasteiger charge is 2.15. The number of thiazole rings is 1. The number of H-pyrrole nitrogens is 1. The fraction of sp³-hybridized carbons (Fsp3) is 0.0500. The molecule has 5 rings (SSSR count). The summed E-state index contributed by atoms with van der Waals surface area (Å²) in [4.78, 5) is 46.7. The third-order valence-corrected chi connectivity index (χ3v) is 6.43. The number of benzene rings is 2. The Morgan fingerprint density at radius 3 is 2.73 bits per heavy atom. The SMILES string of the molecule is O=C(CSc1nc2c(cnn2-c2ccc([N+](=O)[O-])cc2)c(=O)[nH]1)Nc1nc2ccccc2s1. The van der Waals surface area contributed by atoms with E-state index >= 15 is 0 Å². The van der Waals surface area contributed by atoms with Crippen molar-refractivity contribution in [3.8, 4) is 5.69 Å². The Morgan fingerprint density at radius 2 is 1.97 bits per heavy atom. The van der Waals surface area contributed by atoms with Gasteiger partial charge in [-0.3, -0.25) is 19.7 Å². The van der Waals surface area contributed by atoms with Crippen LogP contribution in [0.25, 0.3) is 26.9 Å². The minimum Gasteiger partial charge on any atom is -0.301 e. The van der Waals surface area contributed by atoms with Crippen LogP contribution in [0.4, 0.5) is 10.8 Å². The van der Waals surface area contributed by atoms with Crippen molar-refractivity contribution in [1.82, 2.24) is 24.7 Å². The Bertz CT molecular complexity index is 1540. The van der Waals surface area contributed by atoms with Gasteiger partial charge in [-0.05, 0) is 24.3 Å². The van der Waals surface area contributed by atoms with Crippen LogP contribution in [-0.4, -0.2) is 41.3 Å². The van der Waals surface area contributed by atoms with Gasteiger partial charge in [0.25, 0.3) is 11.2 Å². The topological polar surface area (TPSA) is 149 Å². The first-order valence-corrected chi connectivity index (χ1v) is 11.3.